The molecule has 1 fully saturated rings. The first-order valence-corrected chi connectivity index (χ1v) is 6.03. The van der Waals surface area contributed by atoms with Gasteiger partial charge in [0.1, 0.15) is 11.8 Å². The van der Waals surface area contributed by atoms with Crippen molar-refractivity contribution in [2.45, 2.75) is 19.2 Å². The van der Waals surface area contributed by atoms with Crippen molar-refractivity contribution in [3.05, 3.63) is 24.3 Å². The van der Waals surface area contributed by atoms with E-state index in [0.717, 1.165) is 25.0 Å². The molecule has 1 N–H and O–H groups in total. The lowest BCUT2D eigenvalue weighted by molar-refractivity contribution is -0.274. The molecule has 8 heteroatoms. The first-order valence-electron chi connectivity index (χ1n) is 6.03. The van der Waals surface area contributed by atoms with E-state index in [-0.39, 0.29) is 23.2 Å². The zero-order chi connectivity index (χ0) is 15.5. The Kier molecular flexibility index (Phi) is 4.12. The fourth-order valence-electron chi connectivity index (χ4n) is 1.53. The summed E-state index contributed by atoms with van der Waals surface area (Å²) >= 11 is 0. The maximum atomic E-state index is 12.0. The van der Waals surface area contributed by atoms with Crippen LogP contribution in [0.1, 0.15) is 12.8 Å². The second-order valence-corrected chi connectivity index (χ2v) is 4.39. The van der Waals surface area contributed by atoms with E-state index in [2.05, 4.69) is 15.3 Å². The molecule has 2 rings (SSSR count). The number of nitrogens with one attached hydrogen (secondary N) is 1. The fraction of sp³-hybridized carbons (Fsp3) is 0.308. The first kappa shape index (κ1) is 14.8. The van der Waals surface area contributed by atoms with Crippen LogP contribution in [0.5, 0.6) is 5.75 Å². The Labute approximate surface area is 118 Å². The predicted octanol–water partition coefficient (Wildman–Crippen LogP) is 2.86. The van der Waals surface area contributed by atoms with Gasteiger partial charge in [0.2, 0.25) is 5.71 Å². The minimum atomic E-state index is -4.75. The number of carbonyl (C=O) groups is 1. The number of benzene rings is 1. The summed E-state index contributed by atoms with van der Waals surface area (Å²) in [6.07, 6.45) is -3.25. The van der Waals surface area contributed by atoms with E-state index in [4.69, 9.17) is 5.26 Å². The second-order valence-electron chi connectivity index (χ2n) is 4.39. The monoisotopic (exact) mass is 297 g/mol. The number of halogens is 3. The molecule has 0 radical (unpaired) electrons. The number of nitriles is 1. The predicted molar refractivity (Wildman–Crippen MR) is 67.5 cm³/mol. The van der Waals surface area contributed by atoms with Gasteiger partial charge in [0, 0.05) is 5.92 Å². The molecular formula is C13H10F3N3O2. The molecule has 1 aromatic carbocycles. The molecule has 21 heavy (non-hydrogen) atoms. The molecule has 0 unspecified atom stereocenters. The molecule has 0 aliphatic heterocycles. The normalized spacial score (nSPS) is 15.2. The number of hydrogen-bond acceptors (Lipinski definition) is 5. The minimum Gasteiger partial charge on any atom is -0.406 e. The van der Waals surface area contributed by atoms with Crippen molar-refractivity contribution in [2.24, 2.45) is 11.0 Å². The van der Waals surface area contributed by atoms with E-state index >= 15 is 0 Å². The van der Waals surface area contributed by atoms with Gasteiger partial charge in [-0.2, -0.15) is 10.4 Å². The highest BCUT2D eigenvalue weighted by molar-refractivity contribution is 6.47. The third-order valence-electron chi connectivity index (χ3n) is 2.67. The second kappa shape index (κ2) is 5.83. The van der Waals surface area contributed by atoms with Crippen LogP contribution in [-0.4, -0.2) is 17.9 Å². The van der Waals surface area contributed by atoms with E-state index in [9.17, 15) is 18.0 Å². The van der Waals surface area contributed by atoms with Gasteiger partial charge in [0.15, 0.2) is 5.78 Å². The van der Waals surface area contributed by atoms with Crippen LogP contribution >= 0.6 is 0 Å². The topological polar surface area (TPSA) is 74.5 Å². The number of rotatable bonds is 5. The number of anilines is 1. The Morgan fingerprint density at radius 1 is 1.33 bits per heavy atom. The molecule has 110 valence electrons. The Morgan fingerprint density at radius 2 is 1.95 bits per heavy atom. The summed E-state index contributed by atoms with van der Waals surface area (Å²) in [6.45, 7) is 0. The van der Waals surface area contributed by atoms with Gasteiger partial charge in [-0.25, -0.2) is 0 Å². The van der Waals surface area contributed by atoms with Gasteiger partial charge in [0.05, 0.1) is 5.69 Å². The van der Waals surface area contributed by atoms with Gasteiger partial charge in [0.25, 0.3) is 0 Å². The van der Waals surface area contributed by atoms with Crippen LogP contribution in [0.15, 0.2) is 29.4 Å². The lowest BCUT2D eigenvalue weighted by atomic mass is 10.2. The van der Waals surface area contributed by atoms with Gasteiger partial charge in [-0.1, -0.05) is 0 Å². The van der Waals surface area contributed by atoms with E-state index in [1.165, 1.54) is 12.1 Å². The average Bonchev–Trinajstić information content (AvgIpc) is 3.23. The summed E-state index contributed by atoms with van der Waals surface area (Å²) in [6, 6.07) is 6.48. The maximum absolute atomic E-state index is 12.0. The van der Waals surface area contributed by atoms with Gasteiger partial charge in [-0.3, -0.25) is 10.2 Å². The van der Waals surface area contributed by atoms with E-state index in [0.29, 0.717) is 5.69 Å². The van der Waals surface area contributed by atoms with Crippen molar-refractivity contribution in [2.75, 3.05) is 5.43 Å². The Balaban J connectivity index is 1.99. The molecule has 0 spiro atoms. The number of Topliss-reactive ketones (excluding diaryl/α,β-unsaturated/α-hetero) is 1. The summed E-state index contributed by atoms with van der Waals surface area (Å²) in [5, 5.41) is 12.5. The van der Waals surface area contributed by atoms with Crippen LogP contribution in [0.3, 0.4) is 0 Å². The number of hydrazone groups is 1. The summed E-state index contributed by atoms with van der Waals surface area (Å²) in [5.74, 6) is -0.818. The summed E-state index contributed by atoms with van der Waals surface area (Å²) in [5.41, 5.74) is 2.55. The molecule has 0 heterocycles. The Bertz CT molecular complexity index is 599. The molecule has 0 atom stereocenters. The van der Waals surface area contributed by atoms with Crippen molar-refractivity contribution in [1.29, 1.82) is 5.26 Å². The summed E-state index contributed by atoms with van der Waals surface area (Å²) in [4.78, 5) is 11.6. The number of nitrogens with zero attached hydrogens (tertiary/aromatic N) is 2. The highest BCUT2D eigenvalue weighted by atomic mass is 19.4. The van der Waals surface area contributed by atoms with Crippen LogP contribution in [0.2, 0.25) is 0 Å². The van der Waals surface area contributed by atoms with Gasteiger partial charge in [-0.15, -0.1) is 13.2 Å². The van der Waals surface area contributed by atoms with Crippen LogP contribution in [0.4, 0.5) is 18.9 Å². The number of alkyl halides is 3. The smallest absolute Gasteiger partial charge is 0.406 e. The molecule has 0 saturated heterocycles. The molecule has 1 aliphatic carbocycles. The molecule has 1 aliphatic rings. The third kappa shape index (κ3) is 4.49. The molecule has 1 aromatic rings. The van der Waals surface area contributed by atoms with Crippen LogP contribution in [0, 0.1) is 17.2 Å². The average molecular weight is 297 g/mol. The number of carbonyl (C=O) groups excluding carboxylic acids is 1. The quantitative estimate of drug-likeness (QED) is 0.670. The van der Waals surface area contributed by atoms with Crippen molar-refractivity contribution in [3.63, 3.8) is 0 Å². The fourth-order valence-corrected chi connectivity index (χ4v) is 1.53. The summed E-state index contributed by atoms with van der Waals surface area (Å²) in [7, 11) is 0. The van der Waals surface area contributed by atoms with Crippen molar-refractivity contribution >= 4 is 17.2 Å². The number of hydrogen-bond donors (Lipinski definition) is 1. The molecule has 5 nitrogen and oxygen atoms in total. The van der Waals surface area contributed by atoms with Crippen LogP contribution < -0.4 is 10.2 Å². The van der Waals surface area contributed by atoms with E-state index in [1.54, 1.807) is 6.07 Å². The highest BCUT2D eigenvalue weighted by Gasteiger charge is 2.33. The number of ketones is 1. The Morgan fingerprint density at radius 3 is 2.43 bits per heavy atom. The van der Waals surface area contributed by atoms with Crippen LogP contribution in [-0.2, 0) is 4.79 Å². The number of ether oxygens (including phenoxy) is 1. The SMILES string of the molecule is N#CC(=NNc1ccc(OC(F)(F)F)cc1)C(=O)C1CC1. The van der Waals surface area contributed by atoms with Gasteiger partial charge >= 0.3 is 6.36 Å². The van der Waals surface area contributed by atoms with Crippen molar-refractivity contribution in [3.8, 4) is 11.8 Å². The van der Waals surface area contributed by atoms with Crippen molar-refractivity contribution < 1.29 is 22.7 Å². The first-order chi connectivity index (χ1) is 9.89. The molecule has 0 bridgehead atoms. The molecule has 0 aromatic heterocycles. The van der Waals surface area contributed by atoms with Gasteiger partial charge < -0.3 is 4.74 Å². The van der Waals surface area contributed by atoms with Gasteiger partial charge in [-0.05, 0) is 37.1 Å². The molecule has 1 saturated carbocycles. The van der Waals surface area contributed by atoms with E-state index < -0.39 is 6.36 Å². The Hall–Kier alpha value is -2.56. The molecular weight excluding hydrogens is 287 g/mol. The lowest BCUT2D eigenvalue weighted by Crippen LogP contribution is -2.17. The van der Waals surface area contributed by atoms with E-state index in [1.807, 2.05) is 0 Å². The highest BCUT2D eigenvalue weighted by Crippen LogP contribution is 2.30. The largest absolute Gasteiger partial charge is 0.573 e. The standard InChI is InChI=1S/C13H10F3N3O2/c14-13(15,16)21-10-5-3-9(4-6-10)18-19-11(7-17)12(20)8-1-2-8/h3-6,8,18H,1-2H2. The zero-order valence-corrected chi connectivity index (χ0v) is 10.6. The lowest BCUT2D eigenvalue weighted by Gasteiger charge is -2.09. The minimum absolute atomic E-state index is 0.132. The maximum Gasteiger partial charge on any atom is 0.573 e. The van der Waals surface area contributed by atoms with Crippen molar-refractivity contribution in [1.82, 2.24) is 0 Å². The molecule has 0 amide bonds. The van der Waals surface area contributed by atoms with Crippen LogP contribution in [0.25, 0.3) is 0 Å². The zero-order valence-electron chi connectivity index (χ0n) is 10.6. The summed E-state index contributed by atoms with van der Waals surface area (Å²) < 4.78 is 39.6. The third-order valence-corrected chi connectivity index (χ3v) is 2.67.